The minimum absolute atomic E-state index is 0.202. The van der Waals surface area contributed by atoms with Gasteiger partial charge < -0.3 is 9.15 Å². The summed E-state index contributed by atoms with van der Waals surface area (Å²) in [5.41, 5.74) is 4.94. The van der Waals surface area contributed by atoms with Crippen molar-refractivity contribution in [1.29, 1.82) is 0 Å². The van der Waals surface area contributed by atoms with Gasteiger partial charge >= 0.3 is 0 Å². The van der Waals surface area contributed by atoms with Crippen molar-refractivity contribution in [3.8, 4) is 0 Å². The normalized spacial score (nSPS) is 16.2. The highest BCUT2D eigenvalue weighted by atomic mass is 16.5. The Kier molecular flexibility index (Phi) is 4.00. The molecule has 6 nitrogen and oxygen atoms in total. The summed E-state index contributed by atoms with van der Waals surface area (Å²) in [6.45, 7) is 15.0. The lowest BCUT2D eigenvalue weighted by molar-refractivity contribution is -0.0402. The SMILES string of the molecule is C=C(C)Cn1cnc2c(oc3nc(C(C)C)c4c(c32)CC(C)(C)OC4)c1=O. The molecule has 0 radical (unpaired) electrons. The van der Waals surface area contributed by atoms with Gasteiger partial charge in [-0.05, 0) is 32.3 Å². The van der Waals surface area contributed by atoms with Gasteiger partial charge in [0.15, 0.2) is 0 Å². The van der Waals surface area contributed by atoms with Crippen molar-refractivity contribution in [1.82, 2.24) is 14.5 Å². The Morgan fingerprint density at radius 1 is 1.37 bits per heavy atom. The summed E-state index contributed by atoms with van der Waals surface area (Å²) < 4.78 is 13.5. The van der Waals surface area contributed by atoms with Crippen molar-refractivity contribution in [2.45, 2.75) is 65.7 Å². The largest absolute Gasteiger partial charge is 0.430 e. The van der Waals surface area contributed by atoms with Gasteiger partial charge in [-0.2, -0.15) is 0 Å². The van der Waals surface area contributed by atoms with E-state index >= 15 is 0 Å². The zero-order valence-corrected chi connectivity index (χ0v) is 16.5. The molecule has 3 aromatic heterocycles. The zero-order valence-electron chi connectivity index (χ0n) is 16.5. The van der Waals surface area contributed by atoms with E-state index in [4.69, 9.17) is 14.1 Å². The molecule has 4 rings (SSSR count). The van der Waals surface area contributed by atoms with E-state index in [2.05, 4.69) is 39.3 Å². The fourth-order valence-corrected chi connectivity index (χ4v) is 3.80. The Balaban J connectivity index is 2.07. The second-order valence-electron chi connectivity index (χ2n) is 8.43. The van der Waals surface area contributed by atoms with Gasteiger partial charge in [-0.3, -0.25) is 9.36 Å². The van der Waals surface area contributed by atoms with Gasteiger partial charge in [0, 0.05) is 18.5 Å². The van der Waals surface area contributed by atoms with E-state index in [-0.39, 0.29) is 22.7 Å². The molecule has 6 heteroatoms. The molecule has 4 heterocycles. The maximum atomic E-state index is 12.9. The van der Waals surface area contributed by atoms with Gasteiger partial charge in [0.25, 0.3) is 5.56 Å². The second-order valence-corrected chi connectivity index (χ2v) is 8.43. The molecule has 1 aliphatic heterocycles. The van der Waals surface area contributed by atoms with Crippen LogP contribution in [-0.4, -0.2) is 20.1 Å². The monoisotopic (exact) mass is 367 g/mol. The summed E-state index contributed by atoms with van der Waals surface area (Å²) in [6.07, 6.45) is 2.30. The van der Waals surface area contributed by atoms with Crippen LogP contribution in [0.5, 0.6) is 0 Å². The molecule has 0 fully saturated rings. The number of hydrogen-bond acceptors (Lipinski definition) is 5. The van der Waals surface area contributed by atoms with E-state index in [0.29, 0.717) is 24.4 Å². The van der Waals surface area contributed by atoms with Crippen LogP contribution in [0, 0.1) is 0 Å². The first-order valence-electron chi connectivity index (χ1n) is 9.29. The molecular weight excluding hydrogens is 342 g/mol. The smallest absolute Gasteiger partial charge is 0.297 e. The molecule has 3 aromatic rings. The zero-order chi connectivity index (χ0) is 19.5. The van der Waals surface area contributed by atoms with E-state index in [1.807, 2.05) is 6.92 Å². The van der Waals surface area contributed by atoms with E-state index in [0.717, 1.165) is 34.2 Å². The Bertz CT molecular complexity index is 1140. The van der Waals surface area contributed by atoms with Gasteiger partial charge in [0.05, 0.1) is 29.6 Å². The third-order valence-corrected chi connectivity index (χ3v) is 5.04. The molecule has 0 amide bonds. The minimum Gasteiger partial charge on any atom is -0.430 e. The third-order valence-electron chi connectivity index (χ3n) is 5.04. The van der Waals surface area contributed by atoms with Crippen LogP contribution in [0.25, 0.3) is 22.2 Å². The van der Waals surface area contributed by atoms with E-state index < -0.39 is 0 Å². The van der Waals surface area contributed by atoms with E-state index in [1.165, 1.54) is 4.57 Å². The molecule has 0 spiro atoms. The van der Waals surface area contributed by atoms with Crippen molar-refractivity contribution in [2.24, 2.45) is 0 Å². The quantitative estimate of drug-likeness (QED) is 0.652. The first-order chi connectivity index (χ1) is 12.7. The van der Waals surface area contributed by atoms with Gasteiger partial charge in [-0.15, -0.1) is 0 Å². The topological polar surface area (TPSA) is 70.2 Å². The lowest BCUT2D eigenvalue weighted by Crippen LogP contribution is -2.33. The van der Waals surface area contributed by atoms with Crippen LogP contribution in [0.1, 0.15) is 57.4 Å². The van der Waals surface area contributed by atoms with Crippen LogP contribution >= 0.6 is 0 Å². The number of ether oxygens (including phenoxy) is 1. The Morgan fingerprint density at radius 2 is 2.11 bits per heavy atom. The molecule has 0 atom stereocenters. The highest BCUT2D eigenvalue weighted by molar-refractivity contribution is 6.03. The number of rotatable bonds is 3. The summed E-state index contributed by atoms with van der Waals surface area (Å²) in [4.78, 5) is 22.2. The molecule has 0 N–H and O–H groups in total. The van der Waals surface area contributed by atoms with Crippen molar-refractivity contribution >= 4 is 22.2 Å². The summed E-state index contributed by atoms with van der Waals surface area (Å²) in [7, 11) is 0. The van der Waals surface area contributed by atoms with Crippen LogP contribution in [0.4, 0.5) is 0 Å². The molecule has 0 saturated carbocycles. The number of allylic oxidation sites excluding steroid dienone is 1. The maximum absolute atomic E-state index is 12.9. The van der Waals surface area contributed by atoms with Gasteiger partial charge in [0.2, 0.25) is 11.3 Å². The van der Waals surface area contributed by atoms with Crippen molar-refractivity contribution < 1.29 is 9.15 Å². The lowest BCUT2D eigenvalue weighted by Gasteiger charge is -2.33. The predicted molar refractivity (Wildman–Crippen MR) is 105 cm³/mol. The van der Waals surface area contributed by atoms with E-state index in [9.17, 15) is 4.79 Å². The molecule has 142 valence electrons. The minimum atomic E-state index is -0.284. The Morgan fingerprint density at radius 3 is 2.78 bits per heavy atom. The number of aromatic nitrogens is 3. The van der Waals surface area contributed by atoms with Gasteiger partial charge in [-0.25, -0.2) is 9.97 Å². The summed E-state index contributed by atoms with van der Waals surface area (Å²) in [5, 5.41) is 0.848. The Hall–Kier alpha value is -2.47. The third kappa shape index (κ3) is 2.88. The van der Waals surface area contributed by atoms with Crippen LogP contribution in [0.2, 0.25) is 0 Å². The molecule has 0 bridgehead atoms. The maximum Gasteiger partial charge on any atom is 0.297 e. The highest BCUT2D eigenvalue weighted by Crippen LogP contribution is 2.39. The highest BCUT2D eigenvalue weighted by Gasteiger charge is 2.32. The van der Waals surface area contributed by atoms with Crippen LogP contribution in [0.3, 0.4) is 0 Å². The average molecular weight is 367 g/mol. The molecule has 1 aliphatic rings. The Labute approximate surface area is 157 Å². The summed E-state index contributed by atoms with van der Waals surface area (Å²) in [6, 6.07) is 0. The molecular formula is C21H25N3O3. The number of pyridine rings is 1. The number of fused-ring (bicyclic) bond motifs is 5. The standard InChI is InChI=1S/C21H25N3O3/c1-11(2)8-24-10-22-17-15-13-7-21(5,6)26-9-14(13)16(12(3)4)23-19(15)27-18(17)20(24)25/h10,12H,1,7-9H2,2-6H3. The molecule has 0 aromatic carbocycles. The van der Waals surface area contributed by atoms with Crippen LogP contribution in [0.15, 0.2) is 27.7 Å². The second kappa shape index (κ2) is 6.02. The molecule has 0 unspecified atom stereocenters. The number of furan rings is 1. The van der Waals surface area contributed by atoms with Gasteiger partial charge in [-0.1, -0.05) is 26.0 Å². The van der Waals surface area contributed by atoms with E-state index in [1.54, 1.807) is 6.33 Å². The first-order valence-corrected chi connectivity index (χ1v) is 9.29. The van der Waals surface area contributed by atoms with Crippen molar-refractivity contribution in [2.75, 3.05) is 0 Å². The molecule has 0 saturated heterocycles. The fourth-order valence-electron chi connectivity index (χ4n) is 3.80. The molecule has 27 heavy (non-hydrogen) atoms. The summed E-state index contributed by atoms with van der Waals surface area (Å²) in [5.74, 6) is 0.231. The van der Waals surface area contributed by atoms with Crippen LogP contribution < -0.4 is 5.56 Å². The van der Waals surface area contributed by atoms with Crippen molar-refractivity contribution in [3.05, 3.63) is 45.7 Å². The van der Waals surface area contributed by atoms with Crippen molar-refractivity contribution in [3.63, 3.8) is 0 Å². The predicted octanol–water partition coefficient (Wildman–Crippen LogP) is 4.09. The average Bonchev–Trinajstić information content (AvgIpc) is 2.95. The van der Waals surface area contributed by atoms with Gasteiger partial charge in [0.1, 0.15) is 5.52 Å². The first kappa shape index (κ1) is 17.9. The fraction of sp³-hybridized carbons (Fsp3) is 0.476. The lowest BCUT2D eigenvalue weighted by atomic mass is 9.87. The number of hydrogen-bond donors (Lipinski definition) is 0. The summed E-state index contributed by atoms with van der Waals surface area (Å²) >= 11 is 0. The van der Waals surface area contributed by atoms with Crippen LogP contribution in [-0.2, 0) is 24.3 Å². The number of nitrogens with zero attached hydrogens (tertiary/aromatic N) is 3. The molecule has 0 aliphatic carbocycles.